The summed E-state index contributed by atoms with van der Waals surface area (Å²) in [4.78, 5) is 16.7. The Morgan fingerprint density at radius 1 is 1.22 bits per heavy atom. The molecule has 0 atom stereocenters. The minimum Gasteiger partial charge on any atom is -0.395 e. The molecule has 1 fully saturated rings. The normalized spacial score (nSPS) is 15.6. The van der Waals surface area contributed by atoms with E-state index in [0.717, 1.165) is 31.6 Å². The summed E-state index contributed by atoms with van der Waals surface area (Å²) in [6, 6.07) is 5.86. The van der Waals surface area contributed by atoms with Crippen molar-refractivity contribution < 1.29 is 5.11 Å². The molecule has 0 amide bonds. The fourth-order valence-corrected chi connectivity index (χ4v) is 3.92. The van der Waals surface area contributed by atoms with Crippen LogP contribution in [0.1, 0.15) is 12.8 Å². The zero-order valence-electron chi connectivity index (χ0n) is 14.9. The van der Waals surface area contributed by atoms with Gasteiger partial charge in [0.15, 0.2) is 0 Å². The van der Waals surface area contributed by atoms with Crippen LogP contribution in [0.2, 0.25) is 15.1 Å². The molecule has 9 heteroatoms. The second-order valence-electron chi connectivity index (χ2n) is 6.58. The van der Waals surface area contributed by atoms with Gasteiger partial charge in [0.2, 0.25) is 0 Å². The Balaban J connectivity index is 1.77. The molecule has 0 saturated carbocycles. The van der Waals surface area contributed by atoms with Gasteiger partial charge in [-0.15, -0.1) is 0 Å². The van der Waals surface area contributed by atoms with Crippen LogP contribution >= 0.6 is 34.8 Å². The van der Waals surface area contributed by atoms with E-state index in [1.54, 1.807) is 12.1 Å². The van der Waals surface area contributed by atoms with Crippen LogP contribution in [0.15, 0.2) is 29.2 Å². The highest BCUT2D eigenvalue weighted by molar-refractivity contribution is 6.41. The van der Waals surface area contributed by atoms with Gasteiger partial charge in [0.25, 0.3) is 5.56 Å². The topological polar surface area (TPSA) is 61.6 Å². The second kappa shape index (κ2) is 8.80. The summed E-state index contributed by atoms with van der Waals surface area (Å²) in [6.45, 7) is 2.62. The van der Waals surface area contributed by atoms with E-state index in [0.29, 0.717) is 23.3 Å². The Bertz CT molecular complexity index is 866. The van der Waals surface area contributed by atoms with Gasteiger partial charge in [-0.25, -0.2) is 0 Å². The van der Waals surface area contributed by atoms with Crippen LogP contribution in [-0.4, -0.2) is 59.1 Å². The minimum atomic E-state index is -0.485. The number of rotatable bonds is 5. The molecule has 2 aromatic rings. The summed E-state index contributed by atoms with van der Waals surface area (Å²) in [5, 5.41) is 13.7. The highest BCUT2D eigenvalue weighted by Gasteiger charge is 2.23. The first-order chi connectivity index (χ1) is 12.9. The third-order valence-electron chi connectivity index (χ3n) is 4.93. The first-order valence-electron chi connectivity index (χ1n) is 8.71. The molecule has 1 saturated heterocycles. The van der Waals surface area contributed by atoms with Crippen LogP contribution in [0.25, 0.3) is 5.69 Å². The van der Waals surface area contributed by atoms with Crippen molar-refractivity contribution in [2.75, 3.05) is 38.2 Å². The molecule has 1 N–H and O–H groups in total. The van der Waals surface area contributed by atoms with Gasteiger partial charge in [-0.05, 0) is 38.1 Å². The van der Waals surface area contributed by atoms with Crippen molar-refractivity contribution in [1.29, 1.82) is 0 Å². The summed E-state index contributed by atoms with van der Waals surface area (Å²) in [6.07, 6.45) is 3.34. The first kappa shape index (κ1) is 20.4. The fraction of sp³-hybridized carbons (Fsp3) is 0.444. The van der Waals surface area contributed by atoms with E-state index in [4.69, 9.17) is 39.9 Å². The number of nitrogens with zero attached hydrogens (tertiary/aromatic N) is 4. The molecule has 1 aromatic carbocycles. The summed E-state index contributed by atoms with van der Waals surface area (Å²) in [5.74, 6) is 0. The number of benzene rings is 1. The Morgan fingerprint density at radius 2 is 1.93 bits per heavy atom. The van der Waals surface area contributed by atoms with Crippen molar-refractivity contribution >= 4 is 40.5 Å². The van der Waals surface area contributed by atoms with E-state index in [1.165, 1.54) is 10.9 Å². The molecule has 1 aliphatic heterocycles. The number of aliphatic hydroxyl groups is 1. The number of halogens is 3. The third-order valence-corrected chi connectivity index (χ3v) is 5.98. The molecule has 1 aliphatic rings. The van der Waals surface area contributed by atoms with Crippen molar-refractivity contribution in [2.45, 2.75) is 18.9 Å². The molecule has 3 rings (SSSR count). The molecule has 0 bridgehead atoms. The van der Waals surface area contributed by atoms with Crippen molar-refractivity contribution in [3.05, 3.63) is 49.8 Å². The third kappa shape index (κ3) is 4.41. The predicted octanol–water partition coefficient (Wildman–Crippen LogP) is 3.09. The van der Waals surface area contributed by atoms with E-state index in [-0.39, 0.29) is 16.7 Å². The predicted molar refractivity (Wildman–Crippen MR) is 110 cm³/mol. The van der Waals surface area contributed by atoms with E-state index >= 15 is 0 Å². The molecule has 0 unspecified atom stereocenters. The summed E-state index contributed by atoms with van der Waals surface area (Å²) >= 11 is 18.2. The molecule has 146 valence electrons. The molecule has 0 radical (unpaired) electrons. The van der Waals surface area contributed by atoms with Crippen molar-refractivity contribution in [1.82, 2.24) is 14.7 Å². The standard InChI is InChI=1S/C18H21Cl3N4O2/c1-23(8-9-26)12-4-6-24(7-5-12)16-3-2-13(10-14(16)19)25-18(27)17(21)15(20)11-22-25/h2-3,10-12,26H,4-9H2,1H3. The van der Waals surface area contributed by atoms with E-state index in [1.807, 2.05) is 13.1 Å². The lowest BCUT2D eigenvalue weighted by molar-refractivity contribution is 0.162. The average molecular weight is 432 g/mol. The maximum absolute atomic E-state index is 12.2. The van der Waals surface area contributed by atoms with Crippen LogP contribution in [0.3, 0.4) is 0 Å². The zero-order valence-corrected chi connectivity index (χ0v) is 17.2. The number of likely N-dealkylation sites (N-methyl/N-ethyl adjacent to an activating group) is 1. The van der Waals surface area contributed by atoms with Crippen molar-refractivity contribution in [2.24, 2.45) is 0 Å². The summed E-state index contributed by atoms with van der Waals surface area (Å²) in [5.41, 5.74) is 0.974. The van der Waals surface area contributed by atoms with E-state index < -0.39 is 5.56 Å². The molecule has 6 nitrogen and oxygen atoms in total. The zero-order chi connectivity index (χ0) is 19.6. The Hall–Kier alpha value is -1.31. The Kier molecular flexibility index (Phi) is 6.65. The number of piperidine rings is 1. The molecular weight excluding hydrogens is 411 g/mol. The maximum Gasteiger partial charge on any atom is 0.291 e. The van der Waals surface area contributed by atoms with Gasteiger partial charge < -0.3 is 14.9 Å². The fourth-order valence-electron chi connectivity index (χ4n) is 3.37. The number of hydrogen-bond acceptors (Lipinski definition) is 5. The van der Waals surface area contributed by atoms with Crippen LogP contribution in [0, 0.1) is 0 Å². The maximum atomic E-state index is 12.2. The largest absolute Gasteiger partial charge is 0.395 e. The number of aliphatic hydroxyl groups excluding tert-OH is 1. The van der Waals surface area contributed by atoms with Crippen LogP contribution in [-0.2, 0) is 0 Å². The van der Waals surface area contributed by atoms with Gasteiger partial charge in [-0.3, -0.25) is 4.79 Å². The molecule has 1 aromatic heterocycles. The SMILES string of the molecule is CN(CCO)C1CCN(c2ccc(-n3ncc(Cl)c(Cl)c3=O)cc2Cl)CC1. The second-order valence-corrected chi connectivity index (χ2v) is 7.77. The lowest BCUT2D eigenvalue weighted by atomic mass is 10.0. The lowest BCUT2D eigenvalue weighted by Gasteiger charge is -2.38. The highest BCUT2D eigenvalue weighted by atomic mass is 35.5. The Morgan fingerprint density at radius 3 is 2.56 bits per heavy atom. The van der Waals surface area contributed by atoms with Crippen LogP contribution in [0.5, 0.6) is 0 Å². The molecular formula is C18H21Cl3N4O2. The highest BCUT2D eigenvalue weighted by Crippen LogP contribution is 2.31. The summed E-state index contributed by atoms with van der Waals surface area (Å²) < 4.78 is 1.18. The number of aromatic nitrogens is 2. The molecule has 27 heavy (non-hydrogen) atoms. The monoisotopic (exact) mass is 430 g/mol. The van der Waals surface area contributed by atoms with Gasteiger partial charge in [-0.1, -0.05) is 34.8 Å². The molecule has 0 aliphatic carbocycles. The first-order valence-corrected chi connectivity index (χ1v) is 9.85. The van der Waals surface area contributed by atoms with Crippen molar-refractivity contribution in [3.63, 3.8) is 0 Å². The quantitative estimate of drug-likeness (QED) is 0.788. The van der Waals surface area contributed by atoms with E-state index in [9.17, 15) is 4.79 Å². The molecule has 0 spiro atoms. The van der Waals surface area contributed by atoms with Crippen LogP contribution in [0.4, 0.5) is 5.69 Å². The van der Waals surface area contributed by atoms with Gasteiger partial charge in [0, 0.05) is 25.7 Å². The van der Waals surface area contributed by atoms with Gasteiger partial charge >= 0.3 is 0 Å². The van der Waals surface area contributed by atoms with Crippen molar-refractivity contribution in [3.8, 4) is 5.69 Å². The number of hydrogen-bond donors (Lipinski definition) is 1. The van der Waals surface area contributed by atoms with Gasteiger partial charge in [0.05, 0.1) is 34.2 Å². The number of anilines is 1. The smallest absolute Gasteiger partial charge is 0.291 e. The average Bonchev–Trinajstić information content (AvgIpc) is 2.66. The van der Waals surface area contributed by atoms with Crippen LogP contribution < -0.4 is 10.5 Å². The summed E-state index contributed by atoms with van der Waals surface area (Å²) in [7, 11) is 2.04. The minimum absolute atomic E-state index is 0.0686. The Labute approximate surface area is 172 Å². The molecule has 2 heterocycles. The van der Waals surface area contributed by atoms with Gasteiger partial charge in [-0.2, -0.15) is 9.78 Å². The van der Waals surface area contributed by atoms with E-state index in [2.05, 4.69) is 14.9 Å². The van der Waals surface area contributed by atoms with Gasteiger partial charge in [0.1, 0.15) is 5.02 Å². The lowest BCUT2D eigenvalue weighted by Crippen LogP contribution is -2.44.